The van der Waals surface area contributed by atoms with Gasteiger partial charge in [-0.2, -0.15) is 0 Å². The average Bonchev–Trinajstić information content (AvgIpc) is 2.99. The van der Waals surface area contributed by atoms with Crippen LogP contribution >= 0.6 is 0 Å². The van der Waals surface area contributed by atoms with E-state index in [4.69, 9.17) is 4.74 Å². The second-order valence-electron chi connectivity index (χ2n) is 8.62. The summed E-state index contributed by atoms with van der Waals surface area (Å²) in [5, 5.41) is 0. The van der Waals surface area contributed by atoms with Crippen molar-refractivity contribution in [2.24, 2.45) is 5.41 Å². The number of carbonyl (C=O) groups excluding carboxylic acids is 1. The van der Waals surface area contributed by atoms with Crippen molar-refractivity contribution in [3.8, 4) is 0 Å². The summed E-state index contributed by atoms with van der Waals surface area (Å²) < 4.78 is 8.09. The fraction of sp³-hybridized carbons (Fsp3) is 0.545. The van der Waals surface area contributed by atoms with Crippen molar-refractivity contribution in [3.05, 3.63) is 54.1 Å². The first-order valence-corrected chi connectivity index (χ1v) is 9.65. The predicted octanol–water partition coefficient (Wildman–Crippen LogP) is 5.27. The van der Waals surface area contributed by atoms with Gasteiger partial charge in [-0.15, -0.1) is 0 Å². The van der Waals surface area contributed by atoms with Crippen LogP contribution in [0.1, 0.15) is 66.0 Å². The first kappa shape index (κ1) is 21.0. The van der Waals surface area contributed by atoms with Gasteiger partial charge in [-0.25, -0.2) is 9.78 Å². The average molecular weight is 372 g/mol. The molecule has 0 spiro atoms. The Morgan fingerprint density at radius 2 is 1.70 bits per heavy atom. The maximum Gasteiger partial charge on any atom is 0.410 e. The molecule has 27 heavy (non-hydrogen) atoms. The van der Waals surface area contributed by atoms with Crippen molar-refractivity contribution < 1.29 is 9.53 Å². The van der Waals surface area contributed by atoms with Gasteiger partial charge < -0.3 is 14.2 Å². The molecule has 0 radical (unpaired) electrons. The molecular weight excluding hydrogens is 338 g/mol. The molecule has 0 fully saturated rings. The number of rotatable bonds is 6. The number of amides is 1. The van der Waals surface area contributed by atoms with E-state index < -0.39 is 6.10 Å². The van der Waals surface area contributed by atoms with Crippen LogP contribution in [0.4, 0.5) is 4.79 Å². The standard InChI is InChI=1S/C22H33N3O2/c1-16(2)25(17(3)4)21(26)27-19(22(5,6)7)20-23-13-14-24(20)15-18-11-9-8-10-12-18/h8-14,16-17,19H,15H2,1-7H3. The molecule has 5 nitrogen and oxygen atoms in total. The Bertz CT molecular complexity index is 722. The molecule has 5 heteroatoms. The van der Waals surface area contributed by atoms with Gasteiger partial charge in [0.05, 0.1) is 0 Å². The molecule has 1 heterocycles. The van der Waals surface area contributed by atoms with E-state index in [1.54, 1.807) is 11.1 Å². The maximum absolute atomic E-state index is 12.9. The molecule has 148 valence electrons. The molecule has 1 atom stereocenters. The summed E-state index contributed by atoms with van der Waals surface area (Å²) in [5.74, 6) is 0.771. The van der Waals surface area contributed by atoms with E-state index in [9.17, 15) is 4.79 Å². The van der Waals surface area contributed by atoms with Gasteiger partial charge in [0.1, 0.15) is 0 Å². The van der Waals surface area contributed by atoms with Gasteiger partial charge in [-0.1, -0.05) is 51.1 Å². The highest BCUT2D eigenvalue weighted by molar-refractivity contribution is 5.68. The molecular formula is C22H33N3O2. The van der Waals surface area contributed by atoms with E-state index >= 15 is 0 Å². The lowest BCUT2D eigenvalue weighted by Crippen LogP contribution is -2.44. The van der Waals surface area contributed by atoms with E-state index in [0.29, 0.717) is 6.54 Å². The number of imidazole rings is 1. The molecule has 1 unspecified atom stereocenters. The highest BCUT2D eigenvalue weighted by Gasteiger charge is 2.35. The molecule has 2 aromatic rings. The molecule has 2 rings (SSSR count). The number of ether oxygens (including phenoxy) is 1. The van der Waals surface area contributed by atoms with Crippen molar-refractivity contribution >= 4 is 6.09 Å². The van der Waals surface area contributed by atoms with Crippen molar-refractivity contribution in [2.75, 3.05) is 0 Å². The zero-order chi connectivity index (χ0) is 20.2. The van der Waals surface area contributed by atoms with E-state index in [0.717, 1.165) is 5.82 Å². The lowest BCUT2D eigenvalue weighted by atomic mass is 9.88. The van der Waals surface area contributed by atoms with Crippen LogP contribution in [-0.4, -0.2) is 32.6 Å². The largest absolute Gasteiger partial charge is 0.437 e. The molecule has 1 aromatic carbocycles. The Hall–Kier alpha value is -2.30. The Morgan fingerprint density at radius 3 is 2.22 bits per heavy atom. The van der Waals surface area contributed by atoms with Crippen LogP contribution in [0, 0.1) is 5.41 Å². The van der Waals surface area contributed by atoms with Crippen LogP contribution in [0.25, 0.3) is 0 Å². The SMILES string of the molecule is CC(C)N(C(=O)OC(c1nccn1Cc1ccccc1)C(C)(C)C)C(C)C. The zero-order valence-electron chi connectivity index (χ0n) is 17.6. The molecule has 0 saturated carbocycles. The number of benzene rings is 1. The third kappa shape index (κ3) is 5.34. The van der Waals surface area contributed by atoms with Crippen LogP contribution < -0.4 is 0 Å². The highest BCUT2D eigenvalue weighted by Crippen LogP contribution is 2.36. The monoisotopic (exact) mass is 371 g/mol. The first-order chi connectivity index (χ1) is 12.6. The summed E-state index contributed by atoms with van der Waals surface area (Å²) in [6.07, 6.45) is 2.98. The lowest BCUT2D eigenvalue weighted by molar-refractivity contribution is -0.00769. The number of carbonyl (C=O) groups is 1. The fourth-order valence-electron chi connectivity index (χ4n) is 3.27. The minimum atomic E-state index is -0.441. The molecule has 0 aliphatic heterocycles. The molecule has 1 amide bonds. The van der Waals surface area contributed by atoms with Gasteiger partial charge in [-0.3, -0.25) is 0 Å². The maximum atomic E-state index is 12.9. The Kier molecular flexibility index (Phi) is 6.68. The third-order valence-corrected chi connectivity index (χ3v) is 4.51. The van der Waals surface area contributed by atoms with Gasteiger partial charge >= 0.3 is 6.09 Å². The van der Waals surface area contributed by atoms with Gasteiger partial charge in [-0.05, 0) is 33.3 Å². The number of nitrogens with zero attached hydrogens (tertiary/aromatic N) is 3. The summed E-state index contributed by atoms with van der Waals surface area (Å²) in [7, 11) is 0. The van der Waals surface area contributed by atoms with Crippen molar-refractivity contribution in [1.29, 1.82) is 0 Å². The number of hydrogen-bond donors (Lipinski definition) is 0. The van der Waals surface area contributed by atoms with Crippen LogP contribution in [0.3, 0.4) is 0 Å². The summed E-state index contributed by atoms with van der Waals surface area (Å²) in [4.78, 5) is 19.2. The van der Waals surface area contributed by atoms with Gasteiger partial charge in [0.15, 0.2) is 11.9 Å². The molecule has 0 aliphatic carbocycles. The minimum absolute atomic E-state index is 0.0715. The predicted molar refractivity (Wildman–Crippen MR) is 109 cm³/mol. The molecule has 0 bridgehead atoms. The van der Waals surface area contributed by atoms with Crippen LogP contribution in [0.15, 0.2) is 42.7 Å². The van der Waals surface area contributed by atoms with Crippen molar-refractivity contribution in [2.45, 2.75) is 73.2 Å². The quantitative estimate of drug-likeness (QED) is 0.694. The number of hydrogen-bond acceptors (Lipinski definition) is 3. The molecule has 0 saturated heterocycles. The molecule has 1 aromatic heterocycles. The molecule has 0 N–H and O–H groups in total. The second-order valence-corrected chi connectivity index (χ2v) is 8.62. The molecule has 0 aliphatic rings. The smallest absolute Gasteiger partial charge is 0.410 e. The minimum Gasteiger partial charge on any atom is -0.437 e. The van der Waals surface area contributed by atoms with Gasteiger partial charge in [0.2, 0.25) is 0 Å². The third-order valence-electron chi connectivity index (χ3n) is 4.51. The van der Waals surface area contributed by atoms with Crippen LogP contribution in [0.5, 0.6) is 0 Å². The van der Waals surface area contributed by atoms with Crippen molar-refractivity contribution in [1.82, 2.24) is 14.5 Å². The lowest BCUT2D eigenvalue weighted by Gasteiger charge is -2.35. The summed E-state index contributed by atoms with van der Waals surface area (Å²) in [6.45, 7) is 14.9. The van der Waals surface area contributed by atoms with Gasteiger partial charge in [0.25, 0.3) is 0 Å². The van der Waals surface area contributed by atoms with Gasteiger partial charge in [0, 0.05) is 36.4 Å². The van der Waals surface area contributed by atoms with E-state index in [-0.39, 0.29) is 23.6 Å². The Labute approximate surface area is 163 Å². The van der Waals surface area contributed by atoms with Crippen LogP contribution in [0.2, 0.25) is 0 Å². The first-order valence-electron chi connectivity index (χ1n) is 9.65. The van der Waals surface area contributed by atoms with E-state index in [1.807, 2.05) is 52.1 Å². The summed E-state index contributed by atoms with van der Waals surface area (Å²) in [5.41, 5.74) is 0.899. The van der Waals surface area contributed by atoms with E-state index in [1.165, 1.54) is 5.56 Å². The Balaban J connectivity index is 2.31. The summed E-state index contributed by atoms with van der Waals surface area (Å²) >= 11 is 0. The van der Waals surface area contributed by atoms with Crippen LogP contribution in [-0.2, 0) is 11.3 Å². The normalized spacial score (nSPS) is 13.1. The van der Waals surface area contributed by atoms with Crippen molar-refractivity contribution in [3.63, 3.8) is 0 Å². The second kappa shape index (κ2) is 8.59. The topological polar surface area (TPSA) is 47.4 Å². The number of aromatic nitrogens is 2. The highest BCUT2D eigenvalue weighted by atomic mass is 16.6. The van der Waals surface area contributed by atoms with E-state index in [2.05, 4.69) is 42.5 Å². The Morgan fingerprint density at radius 1 is 1.11 bits per heavy atom. The zero-order valence-corrected chi connectivity index (χ0v) is 17.6. The fourth-order valence-corrected chi connectivity index (χ4v) is 3.27. The summed E-state index contributed by atoms with van der Waals surface area (Å²) in [6, 6.07) is 10.4.